The van der Waals surface area contributed by atoms with Crippen molar-refractivity contribution in [1.82, 2.24) is 5.32 Å². The molecule has 1 heterocycles. The molecule has 1 aromatic rings. The van der Waals surface area contributed by atoms with Crippen LogP contribution in [0.15, 0.2) is 18.2 Å². The van der Waals surface area contributed by atoms with Gasteiger partial charge in [0.1, 0.15) is 5.82 Å². The molecular weight excluding hydrogens is 255 g/mol. The molecule has 1 aromatic carbocycles. The smallest absolute Gasteiger partial charge is 0.274 e. The number of nitro benzene ring substituents is 1. The third kappa shape index (κ3) is 3.43. The van der Waals surface area contributed by atoms with E-state index in [0.717, 1.165) is 30.4 Å². The van der Waals surface area contributed by atoms with Crippen molar-refractivity contribution in [1.29, 1.82) is 0 Å². The van der Waals surface area contributed by atoms with Crippen molar-refractivity contribution >= 4 is 17.4 Å². The maximum atomic E-state index is 13.1. The second-order valence-electron chi connectivity index (χ2n) is 4.30. The first kappa shape index (κ1) is 13.3. The van der Waals surface area contributed by atoms with Crippen LogP contribution in [0, 0.1) is 15.9 Å². The molecule has 6 heteroatoms. The van der Waals surface area contributed by atoms with E-state index in [1.54, 1.807) is 0 Å². The second kappa shape index (κ2) is 6.15. The van der Waals surface area contributed by atoms with Crippen molar-refractivity contribution in [2.45, 2.75) is 25.4 Å². The Bertz CT molecular complexity index is 436. The van der Waals surface area contributed by atoms with Crippen molar-refractivity contribution < 1.29 is 9.31 Å². The lowest BCUT2D eigenvalue weighted by Gasteiger charge is -2.22. The Hall–Kier alpha value is -1.14. The topological polar surface area (TPSA) is 55.2 Å². The van der Waals surface area contributed by atoms with Crippen LogP contribution in [0.4, 0.5) is 10.1 Å². The van der Waals surface area contributed by atoms with Crippen molar-refractivity contribution in [2.75, 3.05) is 11.5 Å². The summed E-state index contributed by atoms with van der Waals surface area (Å²) in [6, 6.07) is 3.97. The number of thioether (sulfide) groups is 1. The van der Waals surface area contributed by atoms with Gasteiger partial charge in [0, 0.05) is 24.2 Å². The highest BCUT2D eigenvalue weighted by molar-refractivity contribution is 7.99. The largest absolute Gasteiger partial charge is 0.310 e. The average Bonchev–Trinajstić information content (AvgIpc) is 2.37. The van der Waals surface area contributed by atoms with Gasteiger partial charge in [-0.1, -0.05) is 0 Å². The highest BCUT2D eigenvalue weighted by Gasteiger charge is 2.17. The van der Waals surface area contributed by atoms with Gasteiger partial charge in [-0.2, -0.15) is 11.8 Å². The second-order valence-corrected chi connectivity index (χ2v) is 5.52. The first-order valence-electron chi connectivity index (χ1n) is 5.91. The van der Waals surface area contributed by atoms with Gasteiger partial charge in [-0.25, -0.2) is 4.39 Å². The van der Waals surface area contributed by atoms with E-state index in [4.69, 9.17) is 0 Å². The van der Waals surface area contributed by atoms with Crippen molar-refractivity contribution in [3.8, 4) is 0 Å². The van der Waals surface area contributed by atoms with E-state index in [1.807, 2.05) is 11.8 Å². The predicted molar refractivity (Wildman–Crippen MR) is 70.2 cm³/mol. The van der Waals surface area contributed by atoms with E-state index < -0.39 is 10.7 Å². The Labute approximate surface area is 109 Å². The fourth-order valence-corrected chi connectivity index (χ4v) is 3.14. The first-order chi connectivity index (χ1) is 8.66. The monoisotopic (exact) mass is 270 g/mol. The van der Waals surface area contributed by atoms with Crippen LogP contribution in [0.5, 0.6) is 0 Å². The van der Waals surface area contributed by atoms with Crippen LogP contribution in [0.2, 0.25) is 0 Å². The highest BCUT2D eigenvalue weighted by atomic mass is 32.2. The Morgan fingerprint density at radius 3 is 2.83 bits per heavy atom. The Balaban J connectivity index is 2.03. The minimum absolute atomic E-state index is 0.0194. The number of nitrogens with zero attached hydrogens (tertiary/aromatic N) is 1. The molecule has 98 valence electrons. The van der Waals surface area contributed by atoms with Crippen LogP contribution in [-0.4, -0.2) is 22.5 Å². The zero-order chi connectivity index (χ0) is 13.0. The van der Waals surface area contributed by atoms with Crippen LogP contribution < -0.4 is 5.32 Å². The SMILES string of the molecule is O=[N+]([O-])c1ccc(F)cc1CNC1CCSCC1. The molecule has 2 rings (SSSR count). The normalized spacial score (nSPS) is 16.7. The van der Waals surface area contributed by atoms with Crippen LogP contribution in [0.25, 0.3) is 0 Å². The minimum atomic E-state index is -0.465. The third-order valence-electron chi connectivity index (χ3n) is 3.04. The molecule has 0 bridgehead atoms. The van der Waals surface area contributed by atoms with Gasteiger partial charge in [0.15, 0.2) is 0 Å². The molecule has 0 aliphatic carbocycles. The minimum Gasteiger partial charge on any atom is -0.310 e. The van der Waals surface area contributed by atoms with Crippen LogP contribution in [-0.2, 0) is 6.54 Å². The van der Waals surface area contributed by atoms with Crippen LogP contribution in [0.1, 0.15) is 18.4 Å². The van der Waals surface area contributed by atoms with E-state index in [9.17, 15) is 14.5 Å². The molecule has 1 saturated heterocycles. The van der Waals surface area contributed by atoms with Gasteiger partial charge >= 0.3 is 0 Å². The Kier molecular flexibility index (Phi) is 4.54. The number of nitrogens with one attached hydrogen (secondary N) is 1. The fraction of sp³-hybridized carbons (Fsp3) is 0.500. The predicted octanol–water partition coefficient (Wildman–Crippen LogP) is 2.72. The molecule has 0 aromatic heterocycles. The number of benzene rings is 1. The van der Waals surface area contributed by atoms with E-state index in [1.165, 1.54) is 12.1 Å². The zero-order valence-corrected chi connectivity index (χ0v) is 10.7. The van der Waals surface area contributed by atoms with Gasteiger partial charge in [-0.15, -0.1) is 0 Å². The van der Waals surface area contributed by atoms with Gasteiger partial charge in [0.2, 0.25) is 0 Å². The van der Waals surface area contributed by atoms with Crippen molar-refractivity contribution in [3.63, 3.8) is 0 Å². The lowest BCUT2D eigenvalue weighted by atomic mass is 10.1. The summed E-state index contributed by atoms with van der Waals surface area (Å²) in [5.41, 5.74) is 0.396. The average molecular weight is 270 g/mol. The van der Waals surface area contributed by atoms with Crippen molar-refractivity contribution in [2.24, 2.45) is 0 Å². The summed E-state index contributed by atoms with van der Waals surface area (Å²) in [5, 5.41) is 14.1. The summed E-state index contributed by atoms with van der Waals surface area (Å²) >= 11 is 1.92. The lowest BCUT2D eigenvalue weighted by Crippen LogP contribution is -2.32. The Morgan fingerprint density at radius 2 is 2.17 bits per heavy atom. The van der Waals surface area contributed by atoms with Gasteiger partial charge < -0.3 is 5.32 Å². The van der Waals surface area contributed by atoms with E-state index in [0.29, 0.717) is 18.2 Å². The lowest BCUT2D eigenvalue weighted by molar-refractivity contribution is -0.385. The number of nitro groups is 1. The maximum Gasteiger partial charge on any atom is 0.274 e. The van der Waals surface area contributed by atoms with Crippen LogP contribution >= 0.6 is 11.8 Å². The number of halogens is 1. The maximum absolute atomic E-state index is 13.1. The molecule has 0 unspecified atom stereocenters. The quantitative estimate of drug-likeness (QED) is 0.675. The van der Waals surface area contributed by atoms with E-state index >= 15 is 0 Å². The summed E-state index contributed by atoms with van der Waals surface area (Å²) in [4.78, 5) is 10.4. The van der Waals surface area contributed by atoms with Gasteiger partial charge in [-0.05, 0) is 36.5 Å². The van der Waals surface area contributed by atoms with Gasteiger partial charge in [-0.3, -0.25) is 10.1 Å². The highest BCUT2D eigenvalue weighted by Crippen LogP contribution is 2.21. The molecule has 1 fully saturated rings. The molecule has 0 radical (unpaired) electrons. The summed E-state index contributed by atoms with van der Waals surface area (Å²) in [6.45, 7) is 0.351. The molecule has 18 heavy (non-hydrogen) atoms. The molecule has 0 saturated carbocycles. The molecular formula is C12H15FN2O2S. The van der Waals surface area contributed by atoms with Crippen molar-refractivity contribution in [3.05, 3.63) is 39.7 Å². The van der Waals surface area contributed by atoms with E-state index in [-0.39, 0.29) is 5.69 Å². The van der Waals surface area contributed by atoms with Gasteiger partial charge in [0.25, 0.3) is 5.69 Å². The summed E-state index contributed by atoms with van der Waals surface area (Å²) in [7, 11) is 0. The molecule has 4 nitrogen and oxygen atoms in total. The molecule has 1 aliphatic rings. The molecule has 0 amide bonds. The molecule has 0 atom stereocenters. The molecule has 0 spiro atoms. The summed E-state index contributed by atoms with van der Waals surface area (Å²) in [5.74, 6) is 1.79. The van der Waals surface area contributed by atoms with E-state index in [2.05, 4.69) is 5.32 Å². The zero-order valence-electron chi connectivity index (χ0n) is 9.89. The number of hydrogen-bond donors (Lipinski definition) is 1. The molecule has 1 N–H and O–H groups in total. The summed E-state index contributed by atoms with van der Waals surface area (Å²) < 4.78 is 13.1. The third-order valence-corrected chi connectivity index (χ3v) is 4.09. The number of hydrogen-bond acceptors (Lipinski definition) is 4. The first-order valence-corrected chi connectivity index (χ1v) is 7.06. The fourth-order valence-electron chi connectivity index (χ4n) is 2.03. The Morgan fingerprint density at radius 1 is 1.44 bits per heavy atom. The van der Waals surface area contributed by atoms with Gasteiger partial charge in [0.05, 0.1) is 4.92 Å². The van der Waals surface area contributed by atoms with Crippen LogP contribution in [0.3, 0.4) is 0 Å². The molecule has 1 aliphatic heterocycles. The summed E-state index contributed by atoms with van der Waals surface area (Å²) in [6.07, 6.45) is 2.13. The number of rotatable bonds is 4. The standard InChI is InChI=1S/C12H15FN2O2S/c13-10-1-2-12(15(16)17)9(7-10)8-14-11-3-5-18-6-4-11/h1-2,7,11,14H,3-6,8H2.